The number of carbonyl (C=O) groups is 1. The molecule has 1 rings (SSSR count). The summed E-state index contributed by atoms with van der Waals surface area (Å²) < 4.78 is 32.0. The average molecular weight is 379 g/mol. The Hall–Kier alpha value is -1.28. The van der Waals surface area contributed by atoms with Crippen LogP contribution in [-0.2, 0) is 14.8 Å². The minimum atomic E-state index is -3.52. The van der Waals surface area contributed by atoms with Crippen molar-refractivity contribution in [3.05, 3.63) is 28.7 Å². The minimum Gasteiger partial charge on any atom is -0.444 e. The quantitative estimate of drug-likeness (QED) is 0.824. The molecule has 1 aromatic rings. The summed E-state index contributed by atoms with van der Waals surface area (Å²) in [6.45, 7) is 5.18. The predicted molar refractivity (Wildman–Crippen MR) is 85.8 cm³/mol. The zero-order valence-electron chi connectivity index (χ0n) is 12.1. The standard InChI is InChI=1S/C13H19BrN2O4S/c1-13(2,3)20-12(17)15-8-9-21(18,19)16-11-6-4-10(14)5-7-11/h4-7,16H,8-9H2,1-3H3,(H,15,17). The summed E-state index contributed by atoms with van der Waals surface area (Å²) in [6, 6.07) is 6.75. The first-order chi connectivity index (χ1) is 9.57. The van der Waals surface area contributed by atoms with Gasteiger partial charge in [0.2, 0.25) is 10.0 Å². The maximum atomic E-state index is 11.8. The molecule has 0 heterocycles. The van der Waals surface area contributed by atoms with Crippen molar-refractivity contribution in [2.75, 3.05) is 17.0 Å². The Morgan fingerprint density at radius 3 is 2.33 bits per heavy atom. The highest BCUT2D eigenvalue weighted by Crippen LogP contribution is 2.15. The molecule has 0 aliphatic rings. The largest absolute Gasteiger partial charge is 0.444 e. The first kappa shape index (κ1) is 17.8. The van der Waals surface area contributed by atoms with E-state index >= 15 is 0 Å². The second-order valence-electron chi connectivity index (χ2n) is 5.36. The Bertz CT molecular complexity index is 579. The van der Waals surface area contributed by atoms with Crippen molar-refractivity contribution in [3.63, 3.8) is 0 Å². The van der Waals surface area contributed by atoms with Gasteiger partial charge in [-0.2, -0.15) is 0 Å². The lowest BCUT2D eigenvalue weighted by Crippen LogP contribution is -2.35. The third-order valence-electron chi connectivity index (χ3n) is 2.16. The smallest absolute Gasteiger partial charge is 0.407 e. The molecule has 1 aromatic carbocycles. The molecule has 8 heteroatoms. The zero-order chi connectivity index (χ0) is 16.1. The number of alkyl carbamates (subject to hydrolysis) is 1. The molecule has 0 spiro atoms. The van der Waals surface area contributed by atoms with E-state index in [1.807, 2.05) is 0 Å². The first-order valence-corrected chi connectivity index (χ1v) is 8.75. The fourth-order valence-corrected chi connectivity index (χ4v) is 2.58. The molecule has 2 N–H and O–H groups in total. The molecule has 0 radical (unpaired) electrons. The van der Waals surface area contributed by atoms with E-state index < -0.39 is 21.7 Å². The van der Waals surface area contributed by atoms with Gasteiger partial charge in [0.1, 0.15) is 5.60 Å². The van der Waals surface area contributed by atoms with Crippen LogP contribution in [0.1, 0.15) is 20.8 Å². The number of hydrogen-bond donors (Lipinski definition) is 2. The van der Waals surface area contributed by atoms with Crippen molar-refractivity contribution >= 4 is 37.7 Å². The number of anilines is 1. The summed E-state index contributed by atoms with van der Waals surface area (Å²) in [5.74, 6) is -0.234. The van der Waals surface area contributed by atoms with Crippen LogP contribution in [0.3, 0.4) is 0 Å². The third kappa shape index (κ3) is 7.91. The van der Waals surface area contributed by atoms with Crippen LogP contribution < -0.4 is 10.0 Å². The lowest BCUT2D eigenvalue weighted by molar-refractivity contribution is 0.0531. The van der Waals surface area contributed by atoms with E-state index in [4.69, 9.17) is 4.74 Å². The number of halogens is 1. The molecular formula is C13H19BrN2O4S. The summed E-state index contributed by atoms with van der Waals surface area (Å²) >= 11 is 3.27. The van der Waals surface area contributed by atoms with Gasteiger partial charge in [0.25, 0.3) is 0 Å². The molecule has 118 valence electrons. The summed E-state index contributed by atoms with van der Waals surface area (Å²) in [4.78, 5) is 11.4. The van der Waals surface area contributed by atoms with Crippen LogP contribution in [0.4, 0.5) is 10.5 Å². The van der Waals surface area contributed by atoms with Crippen molar-refractivity contribution < 1.29 is 17.9 Å². The van der Waals surface area contributed by atoms with Gasteiger partial charge in [-0.1, -0.05) is 15.9 Å². The Labute approximate surface area is 133 Å². The normalized spacial score (nSPS) is 11.8. The van der Waals surface area contributed by atoms with Gasteiger partial charge in [-0.25, -0.2) is 13.2 Å². The highest BCUT2D eigenvalue weighted by molar-refractivity contribution is 9.10. The van der Waals surface area contributed by atoms with E-state index in [0.717, 1.165) is 4.47 Å². The van der Waals surface area contributed by atoms with E-state index in [9.17, 15) is 13.2 Å². The highest BCUT2D eigenvalue weighted by Gasteiger charge is 2.17. The van der Waals surface area contributed by atoms with Crippen molar-refractivity contribution in [2.45, 2.75) is 26.4 Å². The average Bonchev–Trinajstić information content (AvgIpc) is 2.29. The van der Waals surface area contributed by atoms with Gasteiger partial charge in [0.05, 0.1) is 5.75 Å². The number of nitrogens with one attached hydrogen (secondary N) is 2. The van der Waals surface area contributed by atoms with E-state index in [1.165, 1.54) is 0 Å². The maximum Gasteiger partial charge on any atom is 0.407 e. The summed E-state index contributed by atoms with van der Waals surface area (Å²) in [5.41, 5.74) is -0.144. The molecule has 0 unspecified atom stereocenters. The maximum absolute atomic E-state index is 11.8. The Balaban J connectivity index is 2.43. The lowest BCUT2D eigenvalue weighted by Gasteiger charge is -2.19. The molecule has 0 saturated carbocycles. The number of ether oxygens (including phenoxy) is 1. The first-order valence-electron chi connectivity index (χ1n) is 6.30. The van der Waals surface area contributed by atoms with Crippen LogP contribution in [0.5, 0.6) is 0 Å². The number of rotatable bonds is 5. The molecule has 0 aromatic heterocycles. The molecule has 0 saturated heterocycles. The van der Waals surface area contributed by atoms with Crippen molar-refractivity contribution in [1.29, 1.82) is 0 Å². The highest BCUT2D eigenvalue weighted by atomic mass is 79.9. The molecular weight excluding hydrogens is 360 g/mol. The second kappa shape index (κ2) is 7.13. The molecule has 6 nitrogen and oxygen atoms in total. The van der Waals surface area contributed by atoms with Gasteiger partial charge < -0.3 is 10.1 Å². The summed E-state index contributed by atoms with van der Waals surface area (Å²) in [6.07, 6.45) is -0.638. The molecule has 0 aliphatic carbocycles. The second-order valence-corrected chi connectivity index (χ2v) is 8.11. The topological polar surface area (TPSA) is 84.5 Å². The SMILES string of the molecule is CC(C)(C)OC(=O)NCCS(=O)(=O)Nc1ccc(Br)cc1. The molecule has 1 amide bonds. The fourth-order valence-electron chi connectivity index (χ4n) is 1.35. The monoisotopic (exact) mass is 378 g/mol. The van der Waals surface area contributed by atoms with Crippen LogP contribution in [-0.4, -0.2) is 32.4 Å². The van der Waals surface area contributed by atoms with Gasteiger partial charge in [-0.3, -0.25) is 4.72 Å². The third-order valence-corrected chi connectivity index (χ3v) is 3.97. The van der Waals surface area contributed by atoms with Gasteiger partial charge in [0.15, 0.2) is 0 Å². The zero-order valence-corrected chi connectivity index (χ0v) is 14.5. The summed E-state index contributed by atoms with van der Waals surface area (Å²) in [5, 5.41) is 2.40. The van der Waals surface area contributed by atoms with Crippen molar-refractivity contribution in [1.82, 2.24) is 5.32 Å². The van der Waals surface area contributed by atoms with Gasteiger partial charge in [0, 0.05) is 16.7 Å². The van der Waals surface area contributed by atoms with E-state index in [1.54, 1.807) is 45.0 Å². The van der Waals surface area contributed by atoms with Crippen LogP contribution in [0.2, 0.25) is 0 Å². The van der Waals surface area contributed by atoms with Crippen LogP contribution >= 0.6 is 15.9 Å². The molecule has 21 heavy (non-hydrogen) atoms. The molecule has 0 bridgehead atoms. The Kier molecular flexibility index (Phi) is 6.03. The number of hydrogen-bond acceptors (Lipinski definition) is 4. The van der Waals surface area contributed by atoms with Crippen LogP contribution in [0.25, 0.3) is 0 Å². The van der Waals surface area contributed by atoms with E-state index in [-0.39, 0.29) is 12.3 Å². The fraction of sp³-hybridized carbons (Fsp3) is 0.462. The van der Waals surface area contributed by atoms with Crippen LogP contribution in [0, 0.1) is 0 Å². The van der Waals surface area contributed by atoms with Crippen molar-refractivity contribution in [3.8, 4) is 0 Å². The lowest BCUT2D eigenvalue weighted by atomic mass is 10.2. The predicted octanol–water partition coefficient (Wildman–Crippen LogP) is 2.72. The minimum absolute atomic E-state index is 0.0270. The van der Waals surface area contributed by atoms with Gasteiger partial charge in [-0.15, -0.1) is 0 Å². The Morgan fingerprint density at radius 1 is 1.24 bits per heavy atom. The number of amides is 1. The molecule has 0 atom stereocenters. The van der Waals surface area contributed by atoms with Crippen molar-refractivity contribution in [2.24, 2.45) is 0 Å². The molecule has 0 fully saturated rings. The number of carbonyl (C=O) groups excluding carboxylic acids is 1. The van der Waals surface area contributed by atoms with Gasteiger partial charge in [-0.05, 0) is 45.0 Å². The number of benzene rings is 1. The molecule has 0 aliphatic heterocycles. The number of sulfonamides is 1. The van der Waals surface area contributed by atoms with E-state index in [0.29, 0.717) is 5.69 Å². The van der Waals surface area contributed by atoms with E-state index in [2.05, 4.69) is 26.0 Å². The van der Waals surface area contributed by atoms with Crippen LogP contribution in [0.15, 0.2) is 28.7 Å². The Morgan fingerprint density at radius 2 is 1.81 bits per heavy atom. The summed E-state index contributed by atoms with van der Waals surface area (Å²) in [7, 11) is -3.52. The van der Waals surface area contributed by atoms with Gasteiger partial charge >= 0.3 is 6.09 Å².